The Balaban J connectivity index is 1.79. The SMILES string of the molecule is CSc1nc2c(F)c(Br)c(Cl)cc2c2c1ncn2[C@H]1CCN(C(=O)OC(C)(C)C)[C@H](CC#N)C1. The van der Waals surface area contributed by atoms with E-state index in [0.717, 1.165) is 5.52 Å². The lowest BCUT2D eigenvalue weighted by Gasteiger charge is -2.39. The highest BCUT2D eigenvalue weighted by Crippen LogP contribution is 2.40. The number of fused-ring (bicyclic) bond motifs is 3. The van der Waals surface area contributed by atoms with Crippen LogP contribution in [0.4, 0.5) is 9.18 Å². The molecule has 1 aromatic carbocycles. The number of thioether (sulfide) groups is 1. The number of nitrogens with zero attached hydrogens (tertiary/aromatic N) is 5. The minimum absolute atomic E-state index is 0.0483. The van der Waals surface area contributed by atoms with Crippen LogP contribution >= 0.6 is 39.3 Å². The number of piperidine rings is 1. The molecule has 0 spiro atoms. The second kappa shape index (κ2) is 9.51. The normalized spacial score (nSPS) is 18.9. The summed E-state index contributed by atoms with van der Waals surface area (Å²) in [6.45, 7) is 5.89. The van der Waals surface area contributed by atoms with E-state index in [1.165, 1.54) is 11.8 Å². The van der Waals surface area contributed by atoms with Crippen LogP contribution in [0.5, 0.6) is 0 Å². The summed E-state index contributed by atoms with van der Waals surface area (Å²) in [7, 11) is 0. The molecule has 1 amide bonds. The Morgan fingerprint density at radius 1 is 1.44 bits per heavy atom. The van der Waals surface area contributed by atoms with Gasteiger partial charge in [-0.2, -0.15) is 5.26 Å². The molecule has 4 rings (SSSR count). The van der Waals surface area contributed by atoms with Gasteiger partial charge >= 0.3 is 6.09 Å². The maximum Gasteiger partial charge on any atom is 0.410 e. The van der Waals surface area contributed by atoms with Crippen LogP contribution in [0, 0.1) is 17.1 Å². The van der Waals surface area contributed by atoms with Gasteiger partial charge in [0.1, 0.15) is 21.7 Å². The highest BCUT2D eigenvalue weighted by molar-refractivity contribution is 9.10. The van der Waals surface area contributed by atoms with Gasteiger partial charge < -0.3 is 14.2 Å². The molecular weight excluding hydrogens is 545 g/mol. The van der Waals surface area contributed by atoms with E-state index in [-0.39, 0.29) is 33.5 Å². The van der Waals surface area contributed by atoms with Gasteiger partial charge in [-0.25, -0.2) is 19.2 Å². The number of rotatable bonds is 3. The van der Waals surface area contributed by atoms with Gasteiger partial charge in [0, 0.05) is 24.0 Å². The van der Waals surface area contributed by atoms with Crippen molar-refractivity contribution in [2.24, 2.45) is 0 Å². The van der Waals surface area contributed by atoms with Gasteiger partial charge in [-0.1, -0.05) is 11.6 Å². The molecule has 180 valence electrons. The number of hydrogen-bond acceptors (Lipinski definition) is 6. The smallest absolute Gasteiger partial charge is 0.410 e. The van der Waals surface area contributed by atoms with Crippen LogP contribution in [0.25, 0.3) is 21.9 Å². The van der Waals surface area contributed by atoms with Crippen molar-refractivity contribution in [1.29, 1.82) is 5.26 Å². The fraction of sp³-hybridized carbons (Fsp3) is 0.478. The molecule has 0 radical (unpaired) electrons. The Kier molecular flexibility index (Phi) is 7.00. The predicted molar refractivity (Wildman–Crippen MR) is 135 cm³/mol. The standard InChI is InChI=1S/C23H24BrClFN5O2S/c1-23(2,3)33-22(32)30-8-6-13(9-12(30)5-7-27)31-11-28-19-20(31)14-10-15(25)16(24)17(26)18(14)29-21(19)34-4/h10-13H,5-6,8-9H2,1-4H3/t12-,13+/m1/s1. The Morgan fingerprint density at radius 3 is 2.82 bits per heavy atom. The van der Waals surface area contributed by atoms with Crippen molar-refractivity contribution in [3.8, 4) is 6.07 Å². The van der Waals surface area contributed by atoms with E-state index < -0.39 is 17.5 Å². The number of nitriles is 1. The topological polar surface area (TPSA) is 84.0 Å². The third-order valence-corrected chi connectivity index (χ3v) is 7.80. The number of benzene rings is 1. The average Bonchev–Trinajstić information content (AvgIpc) is 3.22. The number of ether oxygens (including phenoxy) is 1. The molecule has 0 aliphatic carbocycles. The third-order valence-electron chi connectivity index (χ3n) is 5.83. The predicted octanol–water partition coefficient (Wildman–Crippen LogP) is 6.72. The van der Waals surface area contributed by atoms with E-state index >= 15 is 4.39 Å². The van der Waals surface area contributed by atoms with Crippen LogP contribution in [-0.2, 0) is 4.74 Å². The fourth-order valence-electron chi connectivity index (χ4n) is 4.38. The lowest BCUT2D eigenvalue weighted by molar-refractivity contribution is 0.00618. The van der Waals surface area contributed by atoms with Crippen molar-refractivity contribution in [3.63, 3.8) is 0 Å². The lowest BCUT2D eigenvalue weighted by atomic mass is 9.95. The van der Waals surface area contributed by atoms with Crippen molar-refractivity contribution in [2.75, 3.05) is 12.8 Å². The highest BCUT2D eigenvalue weighted by Gasteiger charge is 2.35. The van der Waals surface area contributed by atoms with Gasteiger partial charge in [-0.05, 0) is 61.9 Å². The summed E-state index contributed by atoms with van der Waals surface area (Å²) in [5.74, 6) is -0.519. The van der Waals surface area contributed by atoms with Crippen LogP contribution in [-0.4, -0.2) is 50.0 Å². The van der Waals surface area contributed by atoms with E-state index in [1.807, 2.05) is 31.6 Å². The maximum atomic E-state index is 15.1. The number of aromatic nitrogens is 3. The molecule has 0 bridgehead atoms. The molecule has 1 fully saturated rings. The molecule has 0 N–H and O–H groups in total. The summed E-state index contributed by atoms with van der Waals surface area (Å²) < 4.78 is 22.8. The van der Waals surface area contributed by atoms with Crippen LogP contribution in [0.3, 0.4) is 0 Å². The summed E-state index contributed by atoms with van der Waals surface area (Å²) in [5, 5.41) is 10.9. The molecule has 0 saturated carbocycles. The molecule has 3 heterocycles. The summed E-state index contributed by atoms with van der Waals surface area (Å²) in [4.78, 5) is 23.5. The Labute approximate surface area is 214 Å². The molecule has 1 aliphatic heterocycles. The monoisotopic (exact) mass is 567 g/mol. The number of carbonyl (C=O) groups excluding carboxylic acids is 1. The Morgan fingerprint density at radius 2 is 2.18 bits per heavy atom. The second-order valence-electron chi connectivity index (χ2n) is 9.22. The molecule has 1 saturated heterocycles. The van der Waals surface area contributed by atoms with Crippen molar-refractivity contribution in [3.05, 3.63) is 27.7 Å². The Bertz CT molecular complexity index is 1320. The maximum absolute atomic E-state index is 15.1. The fourth-order valence-corrected chi connectivity index (χ4v) is 5.40. The molecular formula is C23H24BrClFN5O2S. The first-order chi connectivity index (χ1) is 16.1. The van der Waals surface area contributed by atoms with Crippen molar-refractivity contribution < 1.29 is 13.9 Å². The highest BCUT2D eigenvalue weighted by atomic mass is 79.9. The zero-order valence-electron chi connectivity index (χ0n) is 19.2. The summed E-state index contributed by atoms with van der Waals surface area (Å²) in [5.41, 5.74) is 1.01. The quantitative estimate of drug-likeness (QED) is 0.258. The van der Waals surface area contributed by atoms with E-state index in [4.69, 9.17) is 16.3 Å². The van der Waals surface area contributed by atoms with Gasteiger partial charge in [0.05, 0.1) is 33.8 Å². The first-order valence-corrected chi connectivity index (χ1v) is 13.2. The molecule has 0 unspecified atom stereocenters. The minimum atomic E-state index is -0.622. The Hall–Kier alpha value is -2.09. The second-order valence-corrected chi connectivity index (χ2v) is 11.2. The number of carbonyl (C=O) groups is 1. The van der Waals surface area contributed by atoms with Gasteiger partial charge in [0.2, 0.25) is 0 Å². The van der Waals surface area contributed by atoms with E-state index in [1.54, 1.807) is 17.3 Å². The lowest BCUT2D eigenvalue weighted by Crippen LogP contribution is -2.48. The largest absolute Gasteiger partial charge is 0.444 e. The molecule has 2 atom stereocenters. The van der Waals surface area contributed by atoms with Crippen molar-refractivity contribution >= 4 is 67.3 Å². The average molecular weight is 569 g/mol. The number of pyridine rings is 1. The third kappa shape index (κ3) is 4.58. The van der Waals surface area contributed by atoms with Gasteiger partial charge in [0.25, 0.3) is 0 Å². The minimum Gasteiger partial charge on any atom is -0.444 e. The number of hydrogen-bond donors (Lipinski definition) is 0. The summed E-state index contributed by atoms with van der Waals surface area (Å²) >= 11 is 10.9. The summed E-state index contributed by atoms with van der Waals surface area (Å²) in [6, 6.07) is 3.54. The van der Waals surface area contributed by atoms with E-state index in [9.17, 15) is 10.1 Å². The molecule has 1 aliphatic rings. The van der Waals surface area contributed by atoms with Gasteiger partial charge in [-0.15, -0.1) is 11.8 Å². The van der Waals surface area contributed by atoms with Crippen molar-refractivity contribution in [2.45, 2.75) is 62.7 Å². The molecule has 11 heteroatoms. The zero-order valence-corrected chi connectivity index (χ0v) is 22.4. The van der Waals surface area contributed by atoms with Crippen LogP contribution in [0.1, 0.15) is 46.1 Å². The first kappa shape index (κ1) is 25.0. The van der Waals surface area contributed by atoms with Crippen LogP contribution in [0.2, 0.25) is 5.02 Å². The van der Waals surface area contributed by atoms with E-state index in [0.29, 0.717) is 35.3 Å². The number of halogens is 3. The van der Waals surface area contributed by atoms with Crippen LogP contribution < -0.4 is 0 Å². The van der Waals surface area contributed by atoms with E-state index in [2.05, 4.69) is 32.0 Å². The summed E-state index contributed by atoms with van der Waals surface area (Å²) in [6.07, 6.45) is 4.56. The van der Waals surface area contributed by atoms with Gasteiger partial charge in [-0.3, -0.25) is 0 Å². The molecule has 3 aromatic rings. The molecule has 7 nitrogen and oxygen atoms in total. The zero-order chi connectivity index (χ0) is 24.8. The first-order valence-electron chi connectivity index (χ1n) is 10.8. The van der Waals surface area contributed by atoms with Gasteiger partial charge in [0.15, 0.2) is 5.82 Å². The number of imidazole rings is 1. The number of likely N-dealkylation sites (tertiary alicyclic amines) is 1. The van der Waals surface area contributed by atoms with Crippen LogP contribution in [0.15, 0.2) is 21.9 Å². The molecule has 2 aromatic heterocycles. The molecule has 34 heavy (non-hydrogen) atoms. The van der Waals surface area contributed by atoms with Crippen molar-refractivity contribution in [1.82, 2.24) is 19.4 Å². The number of amides is 1.